The molecule has 0 bridgehead atoms. The van der Waals surface area contributed by atoms with Gasteiger partial charge in [0.2, 0.25) is 0 Å². The zero-order chi connectivity index (χ0) is 9.30. The van der Waals surface area contributed by atoms with Gasteiger partial charge >= 0.3 is 5.97 Å². The molecule has 68 valence electrons. The molecule has 0 aliphatic carbocycles. The number of nitrogens with zero attached hydrogens (tertiary/aromatic N) is 1. The van der Waals surface area contributed by atoms with E-state index in [9.17, 15) is 4.79 Å². The molecule has 1 aliphatic rings. The summed E-state index contributed by atoms with van der Waals surface area (Å²) in [5.74, 6) is -1.28. The number of aliphatic hydroxyl groups is 1. The van der Waals surface area contributed by atoms with E-state index >= 15 is 0 Å². The predicted octanol–water partition coefficient (Wildman–Crippen LogP) is -1.29. The molecule has 12 heavy (non-hydrogen) atoms. The van der Waals surface area contributed by atoms with Gasteiger partial charge in [0.05, 0.1) is 0 Å². The Morgan fingerprint density at radius 3 is 2.75 bits per heavy atom. The normalized spacial score (nSPS) is 30.8. The maximum atomic E-state index is 10.3. The minimum Gasteiger partial charge on any atom is -0.480 e. The van der Waals surface area contributed by atoms with Gasteiger partial charge in [-0.25, -0.2) is 0 Å². The molecule has 4 N–H and O–H groups in total. The summed E-state index contributed by atoms with van der Waals surface area (Å²) in [4.78, 5) is 14.8. The number of oxime groups is 1. The lowest BCUT2D eigenvalue weighted by atomic mass is 10.1. The van der Waals surface area contributed by atoms with Crippen molar-refractivity contribution in [2.75, 3.05) is 0 Å². The Morgan fingerprint density at radius 2 is 2.42 bits per heavy atom. The van der Waals surface area contributed by atoms with Gasteiger partial charge in [0.1, 0.15) is 6.04 Å². The summed E-state index contributed by atoms with van der Waals surface area (Å²) in [6, 6.07) is -1.33. The number of carbonyl (C=O) groups is 1. The number of hydrogen-bond acceptors (Lipinski definition) is 5. The Balaban J connectivity index is 2.63. The van der Waals surface area contributed by atoms with E-state index in [1.807, 2.05) is 0 Å². The summed E-state index contributed by atoms with van der Waals surface area (Å²) in [6.07, 6.45) is -2.35. The minimum absolute atomic E-state index is 0.184. The molecule has 0 saturated carbocycles. The third kappa shape index (κ3) is 1.50. The Kier molecular flexibility index (Phi) is 2.51. The maximum Gasteiger partial charge on any atom is 0.324 e. The number of carboxylic acid groups (broad SMARTS) is 1. The topological polar surface area (TPSA) is 105 Å². The van der Waals surface area contributed by atoms with Crippen molar-refractivity contribution in [1.82, 2.24) is 0 Å². The van der Waals surface area contributed by atoms with Gasteiger partial charge in [0.25, 0.3) is 0 Å². The number of nitrogens with two attached hydrogens (primary N) is 1. The van der Waals surface area contributed by atoms with Crippen molar-refractivity contribution in [2.45, 2.75) is 18.2 Å². The van der Waals surface area contributed by atoms with Crippen LogP contribution in [0.25, 0.3) is 0 Å². The van der Waals surface area contributed by atoms with Crippen LogP contribution in [-0.4, -0.2) is 39.6 Å². The average molecular weight is 195 g/mol. The van der Waals surface area contributed by atoms with Crippen LogP contribution in [0.1, 0.15) is 0 Å². The van der Waals surface area contributed by atoms with Crippen molar-refractivity contribution in [2.24, 2.45) is 10.9 Å². The third-order valence-electron chi connectivity index (χ3n) is 1.46. The third-order valence-corrected chi connectivity index (χ3v) is 1.75. The molecule has 0 amide bonds. The fourth-order valence-corrected chi connectivity index (χ4v) is 0.925. The second-order valence-corrected chi connectivity index (χ2v) is 2.68. The number of hydrogen-bond donors (Lipinski definition) is 3. The summed E-state index contributed by atoms with van der Waals surface area (Å²) in [5, 5.41) is 20.6. The van der Waals surface area contributed by atoms with Gasteiger partial charge in [0.15, 0.2) is 17.4 Å². The number of aliphatic hydroxyl groups excluding tert-OH is 1. The number of aliphatic carboxylic acids is 1. The highest BCUT2D eigenvalue weighted by Gasteiger charge is 2.39. The Labute approximate surface area is 72.5 Å². The van der Waals surface area contributed by atoms with E-state index in [0.29, 0.717) is 0 Å². The molecule has 7 heteroatoms. The zero-order valence-corrected chi connectivity index (χ0v) is 6.60. The van der Waals surface area contributed by atoms with Crippen LogP contribution < -0.4 is 5.73 Å². The molecule has 0 aromatic rings. The number of rotatable bonds is 2. The smallest absolute Gasteiger partial charge is 0.324 e. The lowest BCUT2D eigenvalue weighted by Gasteiger charge is -2.15. The molecular formula is C5H7ClN2O4. The number of halogens is 1. The average Bonchev–Trinajstić information content (AvgIpc) is 2.32. The van der Waals surface area contributed by atoms with Crippen molar-refractivity contribution < 1.29 is 19.8 Å². The Morgan fingerprint density at radius 1 is 1.83 bits per heavy atom. The lowest BCUT2D eigenvalue weighted by Crippen LogP contribution is -2.48. The van der Waals surface area contributed by atoms with Gasteiger partial charge in [0, 0.05) is 0 Å². The predicted molar refractivity (Wildman–Crippen MR) is 39.8 cm³/mol. The second-order valence-electron chi connectivity index (χ2n) is 2.29. The van der Waals surface area contributed by atoms with Crippen molar-refractivity contribution in [3.63, 3.8) is 0 Å². The first kappa shape index (κ1) is 9.24. The Hall–Kier alpha value is -0.850. The highest BCUT2D eigenvalue weighted by Crippen LogP contribution is 2.16. The summed E-state index contributed by atoms with van der Waals surface area (Å²) in [6.45, 7) is 0. The SMILES string of the molecule is N[C@H](C(=O)O)[C@@H]1ON=C(Cl)[C@H]1O. The van der Waals surface area contributed by atoms with E-state index in [4.69, 9.17) is 27.5 Å². The van der Waals surface area contributed by atoms with Gasteiger partial charge in [-0.3, -0.25) is 4.79 Å². The largest absolute Gasteiger partial charge is 0.480 e. The van der Waals surface area contributed by atoms with Crippen LogP contribution in [0.15, 0.2) is 5.16 Å². The highest BCUT2D eigenvalue weighted by atomic mass is 35.5. The fraction of sp³-hybridized carbons (Fsp3) is 0.600. The van der Waals surface area contributed by atoms with Gasteiger partial charge in [-0.05, 0) is 0 Å². The van der Waals surface area contributed by atoms with E-state index in [-0.39, 0.29) is 5.17 Å². The van der Waals surface area contributed by atoms with E-state index in [0.717, 1.165) is 0 Å². The molecule has 1 rings (SSSR count). The van der Waals surface area contributed by atoms with Crippen LogP contribution in [-0.2, 0) is 9.63 Å². The van der Waals surface area contributed by atoms with E-state index in [2.05, 4.69) is 9.99 Å². The molecule has 0 unspecified atom stereocenters. The Bertz CT molecular complexity index is 231. The van der Waals surface area contributed by atoms with Crippen molar-refractivity contribution in [3.8, 4) is 0 Å². The standard InChI is InChI=1S/C5H7ClN2O4/c6-4-2(9)3(12-8-4)1(7)5(10)11/h1-3,9H,7H2,(H,10,11)/t1-,2-,3-/m0/s1. The molecule has 1 aliphatic heterocycles. The molecule has 3 atom stereocenters. The summed E-state index contributed by atoms with van der Waals surface area (Å²) >= 11 is 5.33. The monoisotopic (exact) mass is 194 g/mol. The molecule has 0 aromatic carbocycles. The number of carboxylic acids is 1. The molecule has 0 fully saturated rings. The fourth-order valence-electron chi connectivity index (χ4n) is 0.761. The first-order valence-corrected chi connectivity index (χ1v) is 3.47. The molecule has 0 aromatic heterocycles. The van der Waals surface area contributed by atoms with Gasteiger partial charge in [-0.2, -0.15) is 0 Å². The zero-order valence-electron chi connectivity index (χ0n) is 5.85. The van der Waals surface area contributed by atoms with Crippen LogP contribution >= 0.6 is 11.6 Å². The minimum atomic E-state index is -1.33. The van der Waals surface area contributed by atoms with Crippen LogP contribution in [0.3, 0.4) is 0 Å². The van der Waals surface area contributed by atoms with Crippen LogP contribution in [0.2, 0.25) is 0 Å². The van der Waals surface area contributed by atoms with Crippen molar-refractivity contribution in [1.29, 1.82) is 0 Å². The van der Waals surface area contributed by atoms with E-state index in [1.165, 1.54) is 0 Å². The second kappa shape index (κ2) is 3.26. The van der Waals surface area contributed by atoms with Crippen LogP contribution in [0.4, 0.5) is 0 Å². The first-order chi connectivity index (χ1) is 5.54. The quantitative estimate of drug-likeness (QED) is 0.507. The van der Waals surface area contributed by atoms with Crippen LogP contribution in [0, 0.1) is 0 Å². The molecule has 0 spiro atoms. The van der Waals surface area contributed by atoms with Crippen molar-refractivity contribution in [3.05, 3.63) is 0 Å². The summed E-state index contributed by atoms with van der Waals surface area (Å²) in [7, 11) is 0. The van der Waals surface area contributed by atoms with E-state index < -0.39 is 24.2 Å². The maximum absolute atomic E-state index is 10.3. The van der Waals surface area contributed by atoms with Gasteiger partial charge < -0.3 is 20.8 Å². The molecule has 0 radical (unpaired) electrons. The van der Waals surface area contributed by atoms with Crippen molar-refractivity contribution >= 4 is 22.7 Å². The van der Waals surface area contributed by atoms with Gasteiger partial charge in [-0.1, -0.05) is 16.8 Å². The lowest BCUT2D eigenvalue weighted by molar-refractivity contribution is -0.143. The first-order valence-electron chi connectivity index (χ1n) is 3.09. The summed E-state index contributed by atoms with van der Waals surface area (Å²) < 4.78 is 0. The van der Waals surface area contributed by atoms with Gasteiger partial charge in [-0.15, -0.1) is 0 Å². The molecule has 1 heterocycles. The highest BCUT2D eigenvalue weighted by molar-refractivity contribution is 6.66. The molecular weight excluding hydrogens is 188 g/mol. The summed E-state index contributed by atoms with van der Waals surface area (Å²) in [5.41, 5.74) is 5.16. The molecule has 0 saturated heterocycles. The van der Waals surface area contributed by atoms with E-state index in [1.54, 1.807) is 0 Å². The molecule has 6 nitrogen and oxygen atoms in total. The van der Waals surface area contributed by atoms with Crippen LogP contribution in [0.5, 0.6) is 0 Å².